The Labute approximate surface area is 127 Å². The van der Waals surface area contributed by atoms with Crippen molar-refractivity contribution in [2.24, 2.45) is 0 Å². The van der Waals surface area contributed by atoms with E-state index in [9.17, 15) is 5.11 Å². The molecule has 2 heterocycles. The topological polar surface area (TPSA) is 36.4 Å². The first kappa shape index (κ1) is 14.0. The normalized spacial score (nSPS) is 10.7. The van der Waals surface area contributed by atoms with Gasteiger partial charge < -0.3 is 10.0 Å². The van der Waals surface area contributed by atoms with Crippen LogP contribution in [-0.4, -0.2) is 17.1 Å². The lowest BCUT2D eigenvalue weighted by molar-refractivity contribution is 0.281. The summed E-state index contributed by atoms with van der Waals surface area (Å²) in [6, 6.07) is 3.99. The molecule has 2 aromatic heterocycles. The van der Waals surface area contributed by atoms with Crippen LogP contribution in [0.5, 0.6) is 0 Å². The van der Waals surface area contributed by atoms with E-state index in [4.69, 9.17) is 0 Å². The molecule has 96 valence electrons. The van der Waals surface area contributed by atoms with Crippen LogP contribution in [0.1, 0.15) is 10.4 Å². The summed E-state index contributed by atoms with van der Waals surface area (Å²) in [5, 5.41) is 11.4. The lowest BCUT2D eigenvalue weighted by Gasteiger charge is -2.20. The van der Waals surface area contributed by atoms with Crippen LogP contribution in [0.4, 0.5) is 5.82 Å². The van der Waals surface area contributed by atoms with Gasteiger partial charge in [-0.05, 0) is 44.0 Å². The molecule has 1 N–H and O–H groups in total. The molecule has 6 heteroatoms. The van der Waals surface area contributed by atoms with Crippen LogP contribution in [0.25, 0.3) is 0 Å². The van der Waals surface area contributed by atoms with Crippen LogP contribution in [0, 0.1) is 0 Å². The summed E-state index contributed by atoms with van der Waals surface area (Å²) < 4.78 is 1.98. The highest BCUT2D eigenvalue weighted by atomic mass is 79.9. The van der Waals surface area contributed by atoms with Gasteiger partial charge in [-0.1, -0.05) is 0 Å². The Bertz CT molecular complexity index is 545. The fourth-order valence-corrected chi connectivity index (χ4v) is 3.56. The van der Waals surface area contributed by atoms with E-state index >= 15 is 0 Å². The van der Waals surface area contributed by atoms with Crippen LogP contribution in [0.15, 0.2) is 32.7 Å². The van der Waals surface area contributed by atoms with Gasteiger partial charge >= 0.3 is 0 Å². The maximum absolute atomic E-state index is 9.37. The van der Waals surface area contributed by atoms with Gasteiger partial charge in [0.05, 0.1) is 13.2 Å². The van der Waals surface area contributed by atoms with Gasteiger partial charge in [0.25, 0.3) is 0 Å². The molecule has 0 aromatic carbocycles. The molecular weight excluding hydrogens is 380 g/mol. The Morgan fingerprint density at radius 3 is 2.72 bits per heavy atom. The third-order valence-corrected chi connectivity index (χ3v) is 4.57. The lowest BCUT2D eigenvalue weighted by Crippen LogP contribution is -2.18. The number of aliphatic hydroxyl groups excluding tert-OH is 1. The molecule has 0 spiro atoms. The summed E-state index contributed by atoms with van der Waals surface area (Å²) in [4.78, 5) is 7.65. The quantitative estimate of drug-likeness (QED) is 0.861. The van der Waals surface area contributed by atoms with Crippen LogP contribution in [0.2, 0.25) is 0 Å². The van der Waals surface area contributed by atoms with Gasteiger partial charge in [-0.2, -0.15) is 0 Å². The van der Waals surface area contributed by atoms with Crippen molar-refractivity contribution in [2.75, 3.05) is 11.9 Å². The molecule has 2 rings (SSSR count). The molecule has 0 saturated heterocycles. The Kier molecular flexibility index (Phi) is 4.77. The van der Waals surface area contributed by atoms with E-state index in [1.807, 2.05) is 18.0 Å². The number of hydrogen-bond donors (Lipinski definition) is 1. The highest BCUT2D eigenvalue weighted by Gasteiger charge is 2.10. The van der Waals surface area contributed by atoms with Crippen LogP contribution in [-0.2, 0) is 13.2 Å². The molecule has 2 aromatic rings. The number of aliphatic hydroxyl groups is 1. The Hall–Kier alpha value is -0.430. The number of rotatable bonds is 4. The molecule has 0 aliphatic carbocycles. The SMILES string of the molecule is CN(Cc1cc(Br)cs1)c1ncc(Br)cc1CO. The van der Waals surface area contributed by atoms with Gasteiger partial charge in [0.1, 0.15) is 5.82 Å². The van der Waals surface area contributed by atoms with E-state index in [0.29, 0.717) is 0 Å². The maximum Gasteiger partial charge on any atom is 0.134 e. The third-order valence-electron chi connectivity index (χ3n) is 2.46. The summed E-state index contributed by atoms with van der Waals surface area (Å²) >= 11 is 8.51. The van der Waals surface area contributed by atoms with E-state index in [1.165, 1.54) is 4.88 Å². The van der Waals surface area contributed by atoms with Gasteiger partial charge in [-0.3, -0.25) is 0 Å². The number of pyridine rings is 1. The molecule has 0 aliphatic rings. The molecule has 0 radical (unpaired) electrons. The van der Waals surface area contributed by atoms with E-state index in [0.717, 1.165) is 26.9 Å². The van der Waals surface area contributed by atoms with Crippen LogP contribution >= 0.6 is 43.2 Å². The summed E-state index contributed by atoms with van der Waals surface area (Å²) in [5.74, 6) is 0.810. The predicted octanol–water partition coefficient (Wildman–Crippen LogP) is 3.80. The summed E-state index contributed by atoms with van der Waals surface area (Å²) in [6.45, 7) is 0.762. The molecule has 0 fully saturated rings. The number of halogens is 2. The minimum atomic E-state index is -0.0136. The zero-order valence-corrected chi connectivity index (χ0v) is 13.7. The zero-order valence-electron chi connectivity index (χ0n) is 9.73. The smallest absolute Gasteiger partial charge is 0.134 e. The standard InChI is InChI=1S/C12H12Br2N2OS/c1-16(5-11-3-10(14)7-18-11)12-8(6-17)2-9(13)4-15-12/h2-4,7,17H,5-6H2,1H3. The highest BCUT2D eigenvalue weighted by molar-refractivity contribution is 9.10. The lowest BCUT2D eigenvalue weighted by atomic mass is 10.2. The number of thiophene rings is 1. The second kappa shape index (κ2) is 6.14. The van der Waals surface area contributed by atoms with Crippen molar-refractivity contribution in [3.8, 4) is 0 Å². The second-order valence-corrected chi connectivity index (χ2v) is 6.71. The predicted molar refractivity (Wildman–Crippen MR) is 82.0 cm³/mol. The molecule has 0 amide bonds. The van der Waals surface area contributed by atoms with E-state index in [1.54, 1.807) is 17.5 Å². The molecule has 0 saturated carbocycles. The van der Waals surface area contributed by atoms with Crippen molar-refractivity contribution >= 4 is 49.0 Å². The fourth-order valence-electron chi connectivity index (χ4n) is 1.68. The van der Waals surface area contributed by atoms with Crippen molar-refractivity contribution < 1.29 is 5.11 Å². The van der Waals surface area contributed by atoms with Crippen molar-refractivity contribution in [3.05, 3.63) is 43.1 Å². The zero-order chi connectivity index (χ0) is 13.1. The first-order valence-corrected chi connectivity index (χ1v) is 7.76. The van der Waals surface area contributed by atoms with Gasteiger partial charge in [-0.15, -0.1) is 11.3 Å². The molecule has 0 unspecified atom stereocenters. The summed E-state index contributed by atoms with van der Waals surface area (Å²) in [7, 11) is 1.98. The monoisotopic (exact) mass is 390 g/mol. The molecular formula is C12H12Br2N2OS. The largest absolute Gasteiger partial charge is 0.392 e. The summed E-state index contributed by atoms with van der Waals surface area (Å²) in [5.41, 5.74) is 0.822. The van der Waals surface area contributed by atoms with Crippen LogP contribution < -0.4 is 4.90 Å². The molecule has 3 nitrogen and oxygen atoms in total. The second-order valence-electron chi connectivity index (χ2n) is 3.88. The van der Waals surface area contributed by atoms with Gasteiger partial charge in [0.15, 0.2) is 0 Å². The van der Waals surface area contributed by atoms with Crippen LogP contribution in [0.3, 0.4) is 0 Å². The summed E-state index contributed by atoms with van der Waals surface area (Å²) in [6.07, 6.45) is 1.75. The Balaban J connectivity index is 2.20. The van der Waals surface area contributed by atoms with E-state index in [-0.39, 0.29) is 6.61 Å². The first-order chi connectivity index (χ1) is 8.60. The van der Waals surface area contributed by atoms with Gasteiger partial charge in [0.2, 0.25) is 0 Å². The molecule has 0 bridgehead atoms. The molecule has 0 atom stereocenters. The molecule has 18 heavy (non-hydrogen) atoms. The number of aromatic nitrogens is 1. The highest BCUT2D eigenvalue weighted by Crippen LogP contribution is 2.25. The third kappa shape index (κ3) is 3.32. The average molecular weight is 392 g/mol. The number of anilines is 1. The van der Waals surface area contributed by atoms with Crippen molar-refractivity contribution in [2.45, 2.75) is 13.2 Å². The minimum absolute atomic E-state index is 0.0136. The van der Waals surface area contributed by atoms with Gasteiger partial charge in [-0.25, -0.2) is 4.98 Å². The number of nitrogens with zero attached hydrogens (tertiary/aromatic N) is 2. The van der Waals surface area contributed by atoms with Crippen molar-refractivity contribution in [1.82, 2.24) is 4.98 Å². The van der Waals surface area contributed by atoms with E-state index < -0.39 is 0 Å². The van der Waals surface area contributed by atoms with Gasteiger partial charge in [0, 0.05) is 38.0 Å². The fraction of sp³-hybridized carbons (Fsp3) is 0.250. The maximum atomic E-state index is 9.37. The Morgan fingerprint density at radius 2 is 2.11 bits per heavy atom. The first-order valence-electron chi connectivity index (χ1n) is 5.29. The van der Waals surface area contributed by atoms with E-state index in [2.05, 4.69) is 48.3 Å². The van der Waals surface area contributed by atoms with Crippen molar-refractivity contribution in [1.29, 1.82) is 0 Å². The average Bonchev–Trinajstić information content (AvgIpc) is 2.74. The Morgan fingerprint density at radius 1 is 1.33 bits per heavy atom. The van der Waals surface area contributed by atoms with Crippen molar-refractivity contribution in [3.63, 3.8) is 0 Å². The molecule has 0 aliphatic heterocycles. The number of hydrogen-bond acceptors (Lipinski definition) is 4. The minimum Gasteiger partial charge on any atom is -0.392 e.